The fourth-order valence-corrected chi connectivity index (χ4v) is 2.35. The Morgan fingerprint density at radius 2 is 2.06 bits per heavy atom. The molecule has 0 bridgehead atoms. The summed E-state index contributed by atoms with van der Waals surface area (Å²) in [4.78, 5) is 4.39. The van der Waals surface area contributed by atoms with Crippen molar-refractivity contribution in [2.45, 2.75) is 38.6 Å². The van der Waals surface area contributed by atoms with E-state index < -0.39 is 0 Å². The summed E-state index contributed by atoms with van der Waals surface area (Å²) in [5.41, 5.74) is 5.22. The monoisotopic (exact) mass is 243 g/mol. The number of aromatic nitrogens is 1. The summed E-state index contributed by atoms with van der Waals surface area (Å²) in [7, 11) is 0. The number of fused-ring (bicyclic) bond motifs is 1. The van der Waals surface area contributed by atoms with E-state index in [0.29, 0.717) is 0 Å². The van der Waals surface area contributed by atoms with E-state index in [9.17, 15) is 0 Å². The zero-order chi connectivity index (χ0) is 12.8. The molecule has 1 aromatic heterocycles. The fourth-order valence-electron chi connectivity index (χ4n) is 2.35. The van der Waals surface area contributed by atoms with Crippen molar-refractivity contribution in [2.24, 2.45) is 5.84 Å². The Kier molecular flexibility index (Phi) is 4.67. The van der Waals surface area contributed by atoms with E-state index in [1.807, 2.05) is 24.4 Å². The minimum absolute atomic E-state index is 0.212. The van der Waals surface area contributed by atoms with E-state index >= 15 is 0 Å². The van der Waals surface area contributed by atoms with Crippen molar-refractivity contribution in [3.05, 3.63) is 42.1 Å². The minimum Gasteiger partial charge on any atom is -0.271 e. The Bertz CT molecular complexity index is 491. The van der Waals surface area contributed by atoms with Gasteiger partial charge in [-0.25, -0.2) is 0 Å². The van der Waals surface area contributed by atoms with Crippen molar-refractivity contribution in [3.63, 3.8) is 0 Å². The lowest BCUT2D eigenvalue weighted by Gasteiger charge is -2.18. The number of hydrazine groups is 1. The SMILES string of the molecule is CCCCCC(NN)c1ccnc2ccccc12. The first-order chi connectivity index (χ1) is 8.86. The first kappa shape index (κ1) is 13.0. The average Bonchev–Trinajstić information content (AvgIpc) is 2.43. The summed E-state index contributed by atoms with van der Waals surface area (Å²) in [5.74, 6) is 5.71. The Labute approximate surface area is 108 Å². The van der Waals surface area contributed by atoms with Gasteiger partial charge in [0.15, 0.2) is 0 Å². The standard InChI is InChI=1S/C15H21N3/c1-2-3-4-9-15(18-16)13-10-11-17-14-8-6-5-7-12(13)14/h5-8,10-11,15,18H,2-4,9,16H2,1H3. The van der Waals surface area contributed by atoms with Crippen molar-refractivity contribution < 1.29 is 0 Å². The number of unbranched alkanes of at least 4 members (excludes halogenated alkanes) is 2. The van der Waals surface area contributed by atoms with E-state index in [1.54, 1.807) is 0 Å². The lowest BCUT2D eigenvalue weighted by Crippen LogP contribution is -2.28. The Morgan fingerprint density at radius 3 is 2.83 bits per heavy atom. The van der Waals surface area contributed by atoms with Crippen LogP contribution in [0.15, 0.2) is 36.5 Å². The van der Waals surface area contributed by atoms with Gasteiger partial charge in [-0.1, -0.05) is 44.4 Å². The number of nitrogens with one attached hydrogen (secondary N) is 1. The van der Waals surface area contributed by atoms with E-state index in [0.717, 1.165) is 11.9 Å². The third kappa shape index (κ3) is 2.86. The summed E-state index contributed by atoms with van der Waals surface area (Å²) in [6, 6.07) is 10.5. The van der Waals surface area contributed by atoms with Crippen LogP contribution < -0.4 is 11.3 Å². The third-order valence-corrected chi connectivity index (χ3v) is 3.36. The highest BCUT2D eigenvalue weighted by atomic mass is 15.2. The summed E-state index contributed by atoms with van der Waals surface area (Å²) in [6.07, 6.45) is 6.61. The molecule has 0 aliphatic heterocycles. The second-order valence-corrected chi connectivity index (χ2v) is 4.63. The number of hydrogen-bond donors (Lipinski definition) is 2. The fraction of sp³-hybridized carbons (Fsp3) is 0.400. The summed E-state index contributed by atoms with van der Waals surface area (Å²) in [6.45, 7) is 2.21. The predicted molar refractivity (Wildman–Crippen MR) is 75.9 cm³/mol. The molecule has 1 atom stereocenters. The number of pyridine rings is 1. The van der Waals surface area contributed by atoms with Gasteiger partial charge in [0, 0.05) is 17.6 Å². The number of nitrogens with zero attached hydrogens (tertiary/aromatic N) is 1. The van der Waals surface area contributed by atoms with Crippen molar-refractivity contribution in [2.75, 3.05) is 0 Å². The van der Waals surface area contributed by atoms with Crippen LogP contribution in [0, 0.1) is 0 Å². The minimum atomic E-state index is 0.212. The van der Waals surface area contributed by atoms with E-state index in [-0.39, 0.29) is 6.04 Å². The zero-order valence-electron chi connectivity index (χ0n) is 10.9. The molecule has 0 radical (unpaired) electrons. The first-order valence-electron chi connectivity index (χ1n) is 6.66. The van der Waals surface area contributed by atoms with Gasteiger partial charge in [0.1, 0.15) is 0 Å². The highest BCUT2D eigenvalue weighted by Gasteiger charge is 2.12. The smallest absolute Gasteiger partial charge is 0.0705 e. The lowest BCUT2D eigenvalue weighted by atomic mass is 9.98. The maximum atomic E-state index is 5.71. The van der Waals surface area contributed by atoms with Gasteiger partial charge in [-0.05, 0) is 24.1 Å². The van der Waals surface area contributed by atoms with Crippen LogP contribution in [0.4, 0.5) is 0 Å². The molecule has 0 spiro atoms. The molecule has 96 valence electrons. The zero-order valence-corrected chi connectivity index (χ0v) is 10.9. The number of nitrogens with two attached hydrogens (primary N) is 1. The van der Waals surface area contributed by atoms with Crippen LogP contribution in [0.2, 0.25) is 0 Å². The van der Waals surface area contributed by atoms with E-state index in [2.05, 4.69) is 29.5 Å². The quantitative estimate of drug-likeness (QED) is 0.465. The largest absolute Gasteiger partial charge is 0.271 e. The predicted octanol–water partition coefficient (Wildman–Crippen LogP) is 3.32. The molecule has 0 aliphatic rings. The van der Waals surface area contributed by atoms with Gasteiger partial charge in [-0.2, -0.15) is 0 Å². The molecule has 3 nitrogen and oxygen atoms in total. The highest BCUT2D eigenvalue weighted by Crippen LogP contribution is 2.25. The van der Waals surface area contributed by atoms with Crippen LogP contribution in [-0.2, 0) is 0 Å². The molecule has 0 aliphatic carbocycles. The molecule has 2 rings (SSSR count). The molecule has 3 heteroatoms. The van der Waals surface area contributed by atoms with Gasteiger partial charge in [0.2, 0.25) is 0 Å². The van der Waals surface area contributed by atoms with Crippen molar-refractivity contribution in [3.8, 4) is 0 Å². The molecule has 0 saturated carbocycles. The number of para-hydroxylation sites is 1. The van der Waals surface area contributed by atoms with Gasteiger partial charge in [0.05, 0.1) is 5.52 Å². The Morgan fingerprint density at radius 1 is 1.22 bits per heavy atom. The van der Waals surface area contributed by atoms with E-state index in [1.165, 1.54) is 30.2 Å². The van der Waals surface area contributed by atoms with Gasteiger partial charge < -0.3 is 0 Å². The number of hydrogen-bond acceptors (Lipinski definition) is 3. The average molecular weight is 243 g/mol. The van der Waals surface area contributed by atoms with E-state index in [4.69, 9.17) is 5.84 Å². The molecule has 1 aromatic carbocycles. The van der Waals surface area contributed by atoms with Crippen molar-refractivity contribution >= 4 is 10.9 Å². The first-order valence-corrected chi connectivity index (χ1v) is 6.66. The molecule has 0 amide bonds. The highest BCUT2D eigenvalue weighted by molar-refractivity contribution is 5.82. The summed E-state index contributed by atoms with van der Waals surface area (Å²) < 4.78 is 0. The van der Waals surface area contributed by atoms with Gasteiger partial charge >= 0.3 is 0 Å². The lowest BCUT2D eigenvalue weighted by molar-refractivity contribution is 0.489. The second-order valence-electron chi connectivity index (χ2n) is 4.63. The molecule has 1 unspecified atom stereocenters. The number of rotatable bonds is 6. The summed E-state index contributed by atoms with van der Waals surface area (Å²) in [5, 5.41) is 1.19. The van der Waals surface area contributed by atoms with Crippen molar-refractivity contribution in [1.29, 1.82) is 0 Å². The van der Waals surface area contributed by atoms with Crippen LogP contribution >= 0.6 is 0 Å². The molecule has 3 N–H and O–H groups in total. The van der Waals surface area contributed by atoms with Crippen molar-refractivity contribution in [1.82, 2.24) is 10.4 Å². The third-order valence-electron chi connectivity index (χ3n) is 3.36. The Balaban J connectivity index is 2.27. The van der Waals surface area contributed by atoms with Crippen LogP contribution in [0.3, 0.4) is 0 Å². The second kappa shape index (κ2) is 6.47. The topological polar surface area (TPSA) is 50.9 Å². The number of benzene rings is 1. The molecular formula is C15H21N3. The maximum absolute atomic E-state index is 5.71. The Hall–Kier alpha value is -1.45. The van der Waals surface area contributed by atoms with Crippen LogP contribution in [0.1, 0.15) is 44.2 Å². The van der Waals surface area contributed by atoms with Gasteiger partial charge in [-0.15, -0.1) is 0 Å². The van der Waals surface area contributed by atoms with Gasteiger partial charge in [-0.3, -0.25) is 16.3 Å². The van der Waals surface area contributed by atoms with Crippen LogP contribution in [-0.4, -0.2) is 4.98 Å². The molecule has 1 heterocycles. The molecule has 18 heavy (non-hydrogen) atoms. The maximum Gasteiger partial charge on any atom is 0.0705 e. The molecule has 0 saturated heterocycles. The van der Waals surface area contributed by atoms with Crippen LogP contribution in [0.5, 0.6) is 0 Å². The molecule has 2 aromatic rings. The molecule has 0 fully saturated rings. The molecular weight excluding hydrogens is 222 g/mol. The normalized spacial score (nSPS) is 12.8. The van der Waals surface area contributed by atoms with Crippen LogP contribution in [0.25, 0.3) is 10.9 Å². The summed E-state index contributed by atoms with van der Waals surface area (Å²) >= 11 is 0. The van der Waals surface area contributed by atoms with Gasteiger partial charge in [0.25, 0.3) is 0 Å².